The number of hydrogen-bond acceptors (Lipinski definition) is 8. The number of anilines is 1. The minimum Gasteiger partial charge on any atom is -0.488 e. The van der Waals surface area contributed by atoms with Crippen molar-refractivity contribution >= 4 is 45.2 Å². The molecular formula is C42H40N4O7S. The van der Waals surface area contributed by atoms with Crippen molar-refractivity contribution in [1.29, 1.82) is 5.26 Å². The number of benzene rings is 4. The van der Waals surface area contributed by atoms with E-state index in [4.69, 9.17) is 14.2 Å². The quantitative estimate of drug-likeness (QED) is 0.161. The predicted molar refractivity (Wildman–Crippen MR) is 207 cm³/mol. The van der Waals surface area contributed by atoms with Crippen LogP contribution in [-0.4, -0.2) is 77.0 Å². The molecule has 54 heavy (non-hydrogen) atoms. The third-order valence-electron chi connectivity index (χ3n) is 9.35. The maximum absolute atomic E-state index is 13.9. The molecule has 2 saturated heterocycles. The highest BCUT2D eigenvalue weighted by atomic mass is 32.1. The number of carbonyl (C=O) groups is 3. The standard InChI is InChI=1S/C42H40N4O7S/c1-42(2,3)53-41(50)46-17-14-33(25-46)52-36-11-9-30(20-34(36)29-8-7-27-15-18-54-38(27)21-29)39(47)44-31-10-12-37(51-32-13-16-45(24-32)40(48)49)35(22-31)28-6-4-5-26(19-28)23-43/h4-12,15,18-22,32-33H,13-14,16-17,24-25H2,1-3H3,(H,44,47)(H,48,49)/t32-,33+/m1/s1. The first-order chi connectivity index (χ1) is 25.9. The Balaban J connectivity index is 1.16. The van der Waals surface area contributed by atoms with Gasteiger partial charge in [0.05, 0.1) is 24.7 Å². The van der Waals surface area contributed by atoms with E-state index < -0.39 is 11.7 Å². The zero-order chi connectivity index (χ0) is 38.0. The van der Waals surface area contributed by atoms with Gasteiger partial charge >= 0.3 is 12.2 Å². The molecule has 276 valence electrons. The summed E-state index contributed by atoms with van der Waals surface area (Å²) in [6.45, 7) is 7.06. The number of nitrogens with one attached hydrogen (secondary N) is 1. The van der Waals surface area contributed by atoms with Crippen LogP contribution in [0.25, 0.3) is 32.3 Å². The Morgan fingerprint density at radius 2 is 1.52 bits per heavy atom. The molecule has 2 atom stereocenters. The number of likely N-dealkylation sites (tertiary alicyclic amines) is 2. The van der Waals surface area contributed by atoms with Crippen LogP contribution >= 0.6 is 11.3 Å². The SMILES string of the molecule is CC(C)(C)OC(=O)N1CC[C@H](Oc2ccc(C(=O)Nc3ccc(O[C@@H]4CCN(C(=O)O)C4)c(-c4cccc(C#N)c4)c3)cc2-c2ccc3ccsc3c2)C1. The summed E-state index contributed by atoms with van der Waals surface area (Å²) in [4.78, 5) is 41.2. The van der Waals surface area contributed by atoms with Crippen molar-refractivity contribution in [2.45, 2.75) is 51.4 Å². The summed E-state index contributed by atoms with van der Waals surface area (Å²) in [5, 5.41) is 25.2. The highest BCUT2D eigenvalue weighted by molar-refractivity contribution is 7.17. The fraction of sp³-hybridized carbons (Fsp3) is 0.286. The fourth-order valence-corrected chi connectivity index (χ4v) is 7.52. The lowest BCUT2D eigenvalue weighted by atomic mass is 10.00. The number of nitriles is 1. The molecule has 11 nitrogen and oxygen atoms in total. The summed E-state index contributed by atoms with van der Waals surface area (Å²) < 4.78 is 19.5. The second-order valence-electron chi connectivity index (χ2n) is 14.5. The summed E-state index contributed by atoms with van der Waals surface area (Å²) in [6.07, 6.45) is -0.754. The van der Waals surface area contributed by atoms with Crippen molar-refractivity contribution in [3.05, 3.63) is 101 Å². The Morgan fingerprint density at radius 1 is 0.833 bits per heavy atom. The monoisotopic (exact) mass is 744 g/mol. The van der Waals surface area contributed by atoms with E-state index in [2.05, 4.69) is 29.6 Å². The zero-order valence-electron chi connectivity index (χ0n) is 30.2. The highest BCUT2D eigenvalue weighted by Crippen LogP contribution is 2.38. The van der Waals surface area contributed by atoms with E-state index in [0.717, 1.165) is 26.8 Å². The second kappa shape index (κ2) is 15.1. The number of rotatable bonds is 8. The largest absolute Gasteiger partial charge is 0.488 e. The fourth-order valence-electron chi connectivity index (χ4n) is 6.69. The van der Waals surface area contributed by atoms with Crippen LogP contribution < -0.4 is 14.8 Å². The summed E-state index contributed by atoms with van der Waals surface area (Å²) in [6, 6.07) is 28.1. The predicted octanol–water partition coefficient (Wildman–Crippen LogP) is 8.88. The molecule has 3 amide bonds. The molecule has 12 heteroatoms. The summed E-state index contributed by atoms with van der Waals surface area (Å²) in [5.74, 6) is 0.786. The van der Waals surface area contributed by atoms with Gasteiger partial charge in [-0.1, -0.05) is 24.3 Å². The molecule has 2 fully saturated rings. The average Bonchev–Trinajstić information content (AvgIpc) is 3.93. The lowest BCUT2D eigenvalue weighted by molar-refractivity contribution is 0.0275. The van der Waals surface area contributed by atoms with Crippen LogP contribution in [0, 0.1) is 11.3 Å². The Labute approximate surface area is 317 Å². The van der Waals surface area contributed by atoms with Crippen molar-refractivity contribution in [1.82, 2.24) is 9.80 Å². The van der Waals surface area contributed by atoms with E-state index in [1.54, 1.807) is 64.8 Å². The molecule has 0 spiro atoms. The normalized spacial score (nSPS) is 16.9. The van der Waals surface area contributed by atoms with Gasteiger partial charge in [-0.2, -0.15) is 5.26 Å². The first kappa shape index (κ1) is 36.3. The average molecular weight is 745 g/mol. The number of ether oxygens (including phenoxy) is 3. The lowest BCUT2D eigenvalue weighted by Crippen LogP contribution is -2.36. The van der Waals surface area contributed by atoms with Gasteiger partial charge in [0.1, 0.15) is 29.3 Å². The van der Waals surface area contributed by atoms with Crippen LogP contribution in [0.15, 0.2) is 90.3 Å². The second-order valence-corrected chi connectivity index (χ2v) is 15.4. The number of thiophene rings is 1. The van der Waals surface area contributed by atoms with Gasteiger partial charge in [-0.25, -0.2) is 9.59 Å². The van der Waals surface area contributed by atoms with E-state index in [1.165, 1.54) is 4.90 Å². The Morgan fingerprint density at radius 3 is 2.22 bits per heavy atom. The molecule has 1 aromatic heterocycles. The first-order valence-electron chi connectivity index (χ1n) is 17.8. The third-order valence-corrected chi connectivity index (χ3v) is 10.2. The molecule has 0 bridgehead atoms. The van der Waals surface area contributed by atoms with E-state index >= 15 is 0 Å². The molecule has 0 unspecified atom stereocenters. The van der Waals surface area contributed by atoms with E-state index in [-0.39, 0.29) is 30.8 Å². The maximum Gasteiger partial charge on any atom is 0.410 e. The van der Waals surface area contributed by atoms with Crippen LogP contribution in [0.1, 0.15) is 49.5 Å². The van der Waals surface area contributed by atoms with Crippen molar-refractivity contribution in [2.75, 3.05) is 31.5 Å². The van der Waals surface area contributed by atoms with Crippen LogP contribution in [0.2, 0.25) is 0 Å². The van der Waals surface area contributed by atoms with Crippen molar-refractivity contribution in [3.8, 4) is 39.8 Å². The highest BCUT2D eigenvalue weighted by Gasteiger charge is 2.32. The number of nitrogens with zero attached hydrogens (tertiary/aromatic N) is 3. The summed E-state index contributed by atoms with van der Waals surface area (Å²) in [5.41, 5.74) is 3.82. The number of fused-ring (bicyclic) bond motifs is 1. The smallest absolute Gasteiger partial charge is 0.410 e. The van der Waals surface area contributed by atoms with Crippen molar-refractivity contribution < 1.29 is 33.7 Å². The van der Waals surface area contributed by atoms with Gasteiger partial charge in [0.15, 0.2) is 0 Å². The van der Waals surface area contributed by atoms with E-state index in [0.29, 0.717) is 66.4 Å². The van der Waals surface area contributed by atoms with Gasteiger partial charge < -0.3 is 34.4 Å². The first-order valence-corrected chi connectivity index (χ1v) is 18.7. The topological polar surface area (TPSA) is 141 Å². The van der Waals surface area contributed by atoms with Crippen LogP contribution in [0.3, 0.4) is 0 Å². The van der Waals surface area contributed by atoms with E-state index in [9.17, 15) is 24.8 Å². The number of hydrogen-bond donors (Lipinski definition) is 2. The Hall–Kier alpha value is -6.06. The molecule has 4 aromatic carbocycles. The maximum atomic E-state index is 13.9. The minimum absolute atomic E-state index is 0.246. The van der Waals surface area contributed by atoms with Gasteiger partial charge in [-0.3, -0.25) is 4.79 Å². The van der Waals surface area contributed by atoms with Gasteiger partial charge in [0, 0.05) is 53.0 Å². The van der Waals surface area contributed by atoms with Gasteiger partial charge in [0.2, 0.25) is 0 Å². The molecule has 2 aliphatic rings. The number of carbonyl (C=O) groups excluding carboxylic acids is 2. The number of amides is 3. The van der Waals surface area contributed by atoms with Crippen molar-refractivity contribution in [3.63, 3.8) is 0 Å². The van der Waals surface area contributed by atoms with Crippen LogP contribution in [0.4, 0.5) is 15.3 Å². The third kappa shape index (κ3) is 8.27. The number of carboxylic acid groups (broad SMARTS) is 1. The van der Waals surface area contributed by atoms with Gasteiger partial charge in [-0.05, 0) is 103 Å². The zero-order valence-corrected chi connectivity index (χ0v) is 31.0. The molecule has 2 aliphatic heterocycles. The van der Waals surface area contributed by atoms with E-state index in [1.807, 2.05) is 44.4 Å². The van der Waals surface area contributed by atoms with Crippen molar-refractivity contribution in [2.24, 2.45) is 0 Å². The minimum atomic E-state index is -0.987. The summed E-state index contributed by atoms with van der Waals surface area (Å²) in [7, 11) is 0. The van der Waals surface area contributed by atoms with Crippen LogP contribution in [-0.2, 0) is 4.74 Å². The lowest BCUT2D eigenvalue weighted by Gasteiger charge is -2.24. The molecule has 5 aromatic rings. The summed E-state index contributed by atoms with van der Waals surface area (Å²) >= 11 is 1.63. The molecular weight excluding hydrogens is 705 g/mol. The van der Waals surface area contributed by atoms with Gasteiger partial charge in [-0.15, -0.1) is 11.3 Å². The molecule has 0 radical (unpaired) electrons. The van der Waals surface area contributed by atoms with Crippen LogP contribution in [0.5, 0.6) is 11.5 Å². The molecule has 0 aliphatic carbocycles. The molecule has 0 saturated carbocycles. The molecule has 3 heterocycles. The Bertz CT molecular complexity index is 2270. The molecule has 7 rings (SSSR count). The van der Waals surface area contributed by atoms with Gasteiger partial charge in [0.25, 0.3) is 5.91 Å². The Kier molecular flexibility index (Phi) is 10.2. The molecule has 2 N–H and O–H groups in total.